The minimum Gasteiger partial charge on any atom is -0.466 e. The summed E-state index contributed by atoms with van der Waals surface area (Å²) in [6, 6.07) is 0. The van der Waals surface area contributed by atoms with Crippen molar-refractivity contribution in [1.29, 1.82) is 0 Å². The third-order valence-electron chi connectivity index (χ3n) is 2.15. The lowest BCUT2D eigenvalue weighted by molar-refractivity contribution is -0.144. The van der Waals surface area contributed by atoms with Gasteiger partial charge in [0.25, 0.3) is 0 Å². The minimum absolute atomic E-state index is 0.0782. The second kappa shape index (κ2) is 7.54. The Hall–Kier alpha value is -0.860. The van der Waals surface area contributed by atoms with Crippen LogP contribution in [0.3, 0.4) is 0 Å². The molecule has 3 nitrogen and oxygen atoms in total. The summed E-state index contributed by atoms with van der Waals surface area (Å²) >= 11 is 0. The molecule has 0 saturated heterocycles. The van der Waals surface area contributed by atoms with Gasteiger partial charge in [-0.3, -0.25) is 9.59 Å². The lowest BCUT2D eigenvalue weighted by atomic mass is 9.98. The first kappa shape index (κ1) is 13.1. The summed E-state index contributed by atoms with van der Waals surface area (Å²) in [5.41, 5.74) is 0. The molecule has 0 amide bonds. The van der Waals surface area contributed by atoms with Crippen molar-refractivity contribution in [1.82, 2.24) is 0 Å². The van der Waals surface area contributed by atoms with Crippen molar-refractivity contribution in [3.05, 3.63) is 0 Å². The van der Waals surface area contributed by atoms with E-state index >= 15 is 0 Å². The molecule has 0 aliphatic heterocycles. The van der Waals surface area contributed by atoms with Crippen molar-refractivity contribution in [2.45, 2.75) is 46.5 Å². The van der Waals surface area contributed by atoms with Crippen LogP contribution >= 0.6 is 0 Å². The van der Waals surface area contributed by atoms with Crippen LogP contribution in [0.2, 0.25) is 0 Å². The standard InChI is InChI=1S/C11H20O3/c1-4-6-9(3)10(12)7-8-11(13)14-5-2/h9H,4-8H2,1-3H3. The van der Waals surface area contributed by atoms with Gasteiger partial charge in [-0.2, -0.15) is 0 Å². The van der Waals surface area contributed by atoms with Gasteiger partial charge in [-0.25, -0.2) is 0 Å². The van der Waals surface area contributed by atoms with Gasteiger partial charge in [0.15, 0.2) is 0 Å². The highest BCUT2D eigenvalue weighted by Gasteiger charge is 2.13. The van der Waals surface area contributed by atoms with E-state index in [1.807, 2.05) is 6.92 Å². The molecule has 0 saturated carbocycles. The monoisotopic (exact) mass is 200 g/mol. The van der Waals surface area contributed by atoms with E-state index in [-0.39, 0.29) is 24.1 Å². The summed E-state index contributed by atoms with van der Waals surface area (Å²) in [5.74, 6) is -0.0288. The van der Waals surface area contributed by atoms with Gasteiger partial charge in [0.1, 0.15) is 5.78 Å². The first-order chi connectivity index (χ1) is 6.61. The van der Waals surface area contributed by atoms with E-state index in [9.17, 15) is 9.59 Å². The number of carbonyl (C=O) groups excluding carboxylic acids is 2. The molecule has 0 bridgehead atoms. The fraction of sp³-hybridized carbons (Fsp3) is 0.818. The Labute approximate surface area is 85.8 Å². The Kier molecular flexibility index (Phi) is 7.07. The van der Waals surface area contributed by atoms with Gasteiger partial charge >= 0.3 is 5.97 Å². The van der Waals surface area contributed by atoms with Crippen molar-refractivity contribution >= 4 is 11.8 Å². The number of esters is 1. The maximum Gasteiger partial charge on any atom is 0.306 e. The van der Waals surface area contributed by atoms with Gasteiger partial charge in [-0.1, -0.05) is 20.3 Å². The Morgan fingerprint density at radius 3 is 2.36 bits per heavy atom. The van der Waals surface area contributed by atoms with Crippen molar-refractivity contribution in [3.63, 3.8) is 0 Å². The zero-order valence-corrected chi connectivity index (χ0v) is 9.34. The summed E-state index contributed by atoms with van der Waals surface area (Å²) in [4.78, 5) is 22.4. The fourth-order valence-electron chi connectivity index (χ4n) is 1.30. The van der Waals surface area contributed by atoms with E-state index in [1.165, 1.54) is 0 Å². The molecule has 0 fully saturated rings. The van der Waals surface area contributed by atoms with Crippen molar-refractivity contribution in [3.8, 4) is 0 Å². The highest BCUT2D eigenvalue weighted by Crippen LogP contribution is 2.10. The van der Waals surface area contributed by atoms with E-state index in [1.54, 1.807) is 6.92 Å². The molecule has 82 valence electrons. The topological polar surface area (TPSA) is 43.4 Å². The van der Waals surface area contributed by atoms with Crippen molar-refractivity contribution in [2.75, 3.05) is 6.61 Å². The summed E-state index contributed by atoms with van der Waals surface area (Å²) in [6.45, 7) is 6.11. The Morgan fingerprint density at radius 2 is 1.86 bits per heavy atom. The van der Waals surface area contributed by atoms with Crippen LogP contribution in [0.5, 0.6) is 0 Å². The SMILES string of the molecule is CCCC(C)C(=O)CCC(=O)OCC. The molecule has 0 aromatic heterocycles. The predicted octanol–water partition coefficient (Wildman–Crippen LogP) is 2.33. The summed E-state index contributed by atoms with van der Waals surface area (Å²) in [6.07, 6.45) is 2.45. The molecule has 0 aromatic rings. The molecule has 1 atom stereocenters. The van der Waals surface area contributed by atoms with E-state index in [4.69, 9.17) is 4.74 Å². The zero-order valence-electron chi connectivity index (χ0n) is 9.34. The quantitative estimate of drug-likeness (QED) is 0.592. The van der Waals surface area contributed by atoms with Gasteiger partial charge in [-0.15, -0.1) is 0 Å². The number of ether oxygens (including phenoxy) is 1. The second-order valence-electron chi connectivity index (χ2n) is 3.46. The minimum atomic E-state index is -0.274. The first-order valence-electron chi connectivity index (χ1n) is 5.30. The molecule has 0 spiro atoms. The largest absolute Gasteiger partial charge is 0.466 e. The van der Waals surface area contributed by atoms with Crippen LogP contribution in [0.25, 0.3) is 0 Å². The Bertz CT molecular complexity index is 187. The predicted molar refractivity (Wildman–Crippen MR) is 54.9 cm³/mol. The third-order valence-corrected chi connectivity index (χ3v) is 2.15. The first-order valence-corrected chi connectivity index (χ1v) is 5.30. The third kappa shape index (κ3) is 5.73. The van der Waals surface area contributed by atoms with Crippen LogP contribution < -0.4 is 0 Å². The van der Waals surface area contributed by atoms with E-state index < -0.39 is 0 Å². The fourth-order valence-corrected chi connectivity index (χ4v) is 1.30. The summed E-state index contributed by atoms with van der Waals surface area (Å²) in [7, 11) is 0. The Balaban J connectivity index is 3.67. The molecule has 0 aromatic carbocycles. The van der Waals surface area contributed by atoms with Crippen molar-refractivity contribution in [2.24, 2.45) is 5.92 Å². The highest BCUT2D eigenvalue weighted by atomic mass is 16.5. The van der Waals surface area contributed by atoms with Crippen LogP contribution in [0.15, 0.2) is 0 Å². The maximum absolute atomic E-state index is 11.4. The zero-order chi connectivity index (χ0) is 11.0. The molecule has 1 unspecified atom stereocenters. The van der Waals surface area contributed by atoms with Crippen LogP contribution in [-0.2, 0) is 14.3 Å². The van der Waals surface area contributed by atoms with Gasteiger partial charge in [0, 0.05) is 12.3 Å². The highest BCUT2D eigenvalue weighted by molar-refractivity contribution is 5.84. The van der Waals surface area contributed by atoms with E-state index in [2.05, 4.69) is 6.92 Å². The summed E-state index contributed by atoms with van der Waals surface area (Å²) < 4.78 is 4.74. The molecule has 0 heterocycles. The average molecular weight is 200 g/mol. The molecule has 0 N–H and O–H groups in total. The van der Waals surface area contributed by atoms with Crippen LogP contribution in [-0.4, -0.2) is 18.4 Å². The number of ketones is 1. The molecule has 0 aliphatic rings. The maximum atomic E-state index is 11.4. The van der Waals surface area contributed by atoms with E-state index in [0.717, 1.165) is 12.8 Å². The number of rotatable bonds is 7. The van der Waals surface area contributed by atoms with Gasteiger partial charge < -0.3 is 4.74 Å². The molecule has 14 heavy (non-hydrogen) atoms. The molecule has 3 heteroatoms. The number of hydrogen-bond donors (Lipinski definition) is 0. The lowest BCUT2D eigenvalue weighted by Gasteiger charge is -2.07. The molecular weight excluding hydrogens is 180 g/mol. The number of hydrogen-bond acceptors (Lipinski definition) is 3. The second-order valence-corrected chi connectivity index (χ2v) is 3.46. The smallest absolute Gasteiger partial charge is 0.306 e. The molecule has 0 aliphatic carbocycles. The Morgan fingerprint density at radius 1 is 1.21 bits per heavy atom. The molecular formula is C11H20O3. The van der Waals surface area contributed by atoms with Crippen LogP contribution in [0, 0.1) is 5.92 Å². The lowest BCUT2D eigenvalue weighted by Crippen LogP contribution is -2.13. The van der Waals surface area contributed by atoms with Gasteiger partial charge in [0.2, 0.25) is 0 Å². The van der Waals surface area contributed by atoms with E-state index in [0.29, 0.717) is 13.0 Å². The summed E-state index contributed by atoms with van der Waals surface area (Å²) in [5, 5.41) is 0. The van der Waals surface area contributed by atoms with Crippen molar-refractivity contribution < 1.29 is 14.3 Å². The number of Topliss-reactive ketones (excluding diaryl/α,β-unsaturated/α-hetero) is 1. The van der Waals surface area contributed by atoms with Gasteiger partial charge in [-0.05, 0) is 13.3 Å². The van der Waals surface area contributed by atoms with Crippen LogP contribution in [0.4, 0.5) is 0 Å². The molecule has 0 rings (SSSR count). The van der Waals surface area contributed by atoms with Gasteiger partial charge in [0.05, 0.1) is 13.0 Å². The number of carbonyl (C=O) groups is 2. The molecule has 0 radical (unpaired) electrons. The normalized spacial score (nSPS) is 12.2. The average Bonchev–Trinajstić information content (AvgIpc) is 2.15. The van der Waals surface area contributed by atoms with Crippen LogP contribution in [0.1, 0.15) is 46.5 Å².